The Kier molecular flexibility index (Phi) is 10.0. The number of thiophene rings is 2. The SMILES string of the molecule is Cc1cc(C)c(B(c2cc(-c3ccc(-n4c5ccccc5c5ccccc54)cc3)sc2-c2ccc(-c3ccc(-n4c5ccccc5c5ccccc54)cc3)s2)c2c(C)cc(C)cc2C)c(C)c1. The first-order valence-corrected chi connectivity index (χ1v) is 24.9. The number of benzene rings is 8. The minimum absolute atomic E-state index is 0.0501. The van der Waals surface area contributed by atoms with Crippen molar-refractivity contribution in [1.82, 2.24) is 9.13 Å². The first-order chi connectivity index (χ1) is 32.7. The van der Waals surface area contributed by atoms with Crippen LogP contribution in [-0.2, 0) is 0 Å². The fourth-order valence-electron chi connectivity index (χ4n) is 11.3. The third-order valence-corrected chi connectivity index (χ3v) is 16.4. The van der Waals surface area contributed by atoms with Crippen molar-refractivity contribution in [3.63, 3.8) is 0 Å². The van der Waals surface area contributed by atoms with Crippen LogP contribution < -0.4 is 16.4 Å². The summed E-state index contributed by atoms with van der Waals surface area (Å²) in [7, 11) is 0. The quantitative estimate of drug-likeness (QED) is 0.135. The molecule has 0 saturated carbocycles. The molecule has 12 rings (SSSR count). The maximum atomic E-state index is 2.53. The minimum Gasteiger partial charge on any atom is -0.309 e. The summed E-state index contributed by atoms with van der Waals surface area (Å²) in [6.07, 6.45) is 0. The molecule has 0 radical (unpaired) electrons. The highest BCUT2D eigenvalue weighted by Crippen LogP contribution is 2.42. The van der Waals surface area contributed by atoms with Crippen LogP contribution in [0.3, 0.4) is 0 Å². The minimum atomic E-state index is 0.0501. The zero-order valence-corrected chi connectivity index (χ0v) is 40.3. The highest BCUT2D eigenvalue weighted by molar-refractivity contribution is 7.27. The van der Waals surface area contributed by atoms with Gasteiger partial charge in [0.25, 0.3) is 0 Å². The molecular formula is C62H49BN2S2. The van der Waals surface area contributed by atoms with Gasteiger partial charge in [0.05, 0.1) is 22.1 Å². The van der Waals surface area contributed by atoms with Crippen LogP contribution in [0.4, 0.5) is 0 Å². The van der Waals surface area contributed by atoms with Crippen molar-refractivity contribution in [3.8, 4) is 42.0 Å². The van der Waals surface area contributed by atoms with Crippen molar-refractivity contribution in [2.75, 3.05) is 0 Å². The van der Waals surface area contributed by atoms with Gasteiger partial charge in [0.15, 0.2) is 0 Å². The van der Waals surface area contributed by atoms with Crippen LogP contribution in [0.2, 0.25) is 0 Å². The fourth-order valence-corrected chi connectivity index (χ4v) is 13.6. The van der Waals surface area contributed by atoms with Gasteiger partial charge in [0, 0.05) is 52.4 Å². The number of hydrogen-bond acceptors (Lipinski definition) is 2. The first kappa shape index (κ1) is 41.3. The zero-order valence-electron chi connectivity index (χ0n) is 38.7. The van der Waals surface area contributed by atoms with Crippen LogP contribution in [0, 0.1) is 41.5 Å². The summed E-state index contributed by atoms with van der Waals surface area (Å²) in [6.45, 7) is 13.7. The Bertz CT molecular complexity index is 3670. The van der Waals surface area contributed by atoms with Gasteiger partial charge in [-0.05, 0) is 125 Å². The first-order valence-electron chi connectivity index (χ1n) is 23.3. The summed E-state index contributed by atoms with van der Waals surface area (Å²) in [5.41, 5.74) is 21.8. The summed E-state index contributed by atoms with van der Waals surface area (Å²) < 4.78 is 4.80. The number of aromatic nitrogens is 2. The Morgan fingerprint density at radius 3 is 1.10 bits per heavy atom. The molecule has 0 amide bonds. The Labute approximate surface area is 401 Å². The van der Waals surface area contributed by atoms with Crippen molar-refractivity contribution < 1.29 is 0 Å². The molecule has 4 aromatic heterocycles. The molecule has 0 spiro atoms. The lowest BCUT2D eigenvalue weighted by Crippen LogP contribution is -2.56. The van der Waals surface area contributed by atoms with Gasteiger partial charge in [-0.2, -0.15) is 0 Å². The fraction of sp³-hybridized carbons (Fsp3) is 0.0968. The largest absolute Gasteiger partial charge is 0.309 e. The Balaban J connectivity index is 1.00. The van der Waals surface area contributed by atoms with Gasteiger partial charge in [-0.3, -0.25) is 0 Å². The van der Waals surface area contributed by atoms with Crippen molar-refractivity contribution in [2.24, 2.45) is 0 Å². The van der Waals surface area contributed by atoms with E-state index in [1.807, 2.05) is 22.7 Å². The van der Waals surface area contributed by atoms with Gasteiger partial charge in [0.2, 0.25) is 6.71 Å². The van der Waals surface area contributed by atoms with E-state index in [1.54, 1.807) is 0 Å². The van der Waals surface area contributed by atoms with Crippen molar-refractivity contribution in [1.29, 1.82) is 0 Å². The molecule has 0 atom stereocenters. The summed E-state index contributed by atoms with van der Waals surface area (Å²) in [5, 5.41) is 5.11. The highest BCUT2D eigenvalue weighted by atomic mass is 32.1. The second-order valence-electron chi connectivity index (χ2n) is 18.4. The van der Waals surface area contributed by atoms with Crippen molar-refractivity contribution >= 4 is 89.4 Å². The zero-order chi connectivity index (χ0) is 45.5. The normalized spacial score (nSPS) is 11.7. The molecule has 0 bridgehead atoms. The Hall–Kier alpha value is -7.18. The molecule has 5 heteroatoms. The number of fused-ring (bicyclic) bond motifs is 6. The predicted molar refractivity (Wildman–Crippen MR) is 293 cm³/mol. The monoisotopic (exact) mass is 896 g/mol. The molecule has 0 N–H and O–H groups in total. The summed E-state index contributed by atoms with van der Waals surface area (Å²) in [4.78, 5) is 5.18. The average molecular weight is 897 g/mol. The Morgan fingerprint density at radius 2 is 0.701 bits per heavy atom. The lowest BCUT2D eigenvalue weighted by molar-refractivity contribution is 1.18. The number of hydrogen-bond donors (Lipinski definition) is 0. The molecule has 8 aromatic carbocycles. The van der Waals surface area contributed by atoms with Crippen LogP contribution in [0.1, 0.15) is 33.4 Å². The van der Waals surface area contributed by atoms with Gasteiger partial charge in [0.1, 0.15) is 0 Å². The summed E-state index contributed by atoms with van der Waals surface area (Å²) in [5.74, 6) is 0. The topological polar surface area (TPSA) is 9.86 Å². The number of rotatable bonds is 8. The highest BCUT2D eigenvalue weighted by Gasteiger charge is 2.33. The molecule has 0 aliphatic carbocycles. The summed E-state index contributed by atoms with van der Waals surface area (Å²) in [6, 6.07) is 70.2. The Morgan fingerprint density at radius 1 is 0.343 bits per heavy atom. The van der Waals surface area contributed by atoms with Crippen molar-refractivity contribution in [2.45, 2.75) is 41.5 Å². The second-order valence-corrected chi connectivity index (χ2v) is 20.6. The molecule has 0 aliphatic heterocycles. The van der Waals surface area contributed by atoms with Crippen LogP contribution >= 0.6 is 22.7 Å². The number of para-hydroxylation sites is 4. The van der Waals surface area contributed by atoms with Crippen LogP contribution in [0.25, 0.3) is 85.6 Å². The van der Waals surface area contributed by atoms with E-state index in [9.17, 15) is 0 Å². The van der Waals surface area contributed by atoms with E-state index < -0.39 is 0 Å². The smallest absolute Gasteiger partial charge is 0.244 e. The molecule has 0 fully saturated rings. The van der Waals surface area contributed by atoms with Gasteiger partial charge in [-0.1, -0.05) is 166 Å². The maximum Gasteiger partial charge on any atom is 0.244 e. The van der Waals surface area contributed by atoms with Crippen LogP contribution in [0.15, 0.2) is 188 Å². The molecule has 4 heterocycles. The van der Waals surface area contributed by atoms with E-state index in [0.717, 1.165) is 0 Å². The third kappa shape index (κ3) is 6.91. The van der Waals surface area contributed by atoms with E-state index >= 15 is 0 Å². The van der Waals surface area contributed by atoms with E-state index in [2.05, 4.69) is 239 Å². The van der Waals surface area contributed by atoms with Crippen molar-refractivity contribution in [3.05, 3.63) is 221 Å². The predicted octanol–water partition coefficient (Wildman–Crippen LogP) is 15.4. The van der Waals surface area contributed by atoms with E-state index in [-0.39, 0.29) is 6.71 Å². The lowest BCUT2D eigenvalue weighted by Gasteiger charge is -2.24. The molecule has 2 nitrogen and oxygen atoms in total. The molecular weight excluding hydrogens is 848 g/mol. The van der Waals surface area contributed by atoms with Gasteiger partial charge >= 0.3 is 0 Å². The number of aryl methyl sites for hydroxylation is 6. The molecule has 67 heavy (non-hydrogen) atoms. The van der Waals surface area contributed by atoms with Crippen LogP contribution in [-0.4, -0.2) is 15.8 Å². The van der Waals surface area contributed by atoms with E-state index in [0.29, 0.717) is 0 Å². The van der Waals surface area contributed by atoms with Crippen LogP contribution in [0.5, 0.6) is 0 Å². The maximum absolute atomic E-state index is 2.53. The standard InChI is InChI=1S/C62H49BN2S2/c1-38-33-40(3)60(41(4)34-38)63(61-42(5)35-39(2)36-43(61)6)52-37-59(45-25-29-47(30-26-45)65-55-21-13-9-17-50(55)51-18-10-14-22-56(51)65)67-62(52)58-32-31-57(66-58)44-23-27-46(28-24-44)64-53-19-11-7-15-48(53)49-16-8-12-20-54(49)64/h7-37H,1-6H3. The molecule has 12 aromatic rings. The van der Waals surface area contributed by atoms with E-state index in [4.69, 9.17) is 0 Å². The van der Waals surface area contributed by atoms with Gasteiger partial charge in [-0.25, -0.2) is 0 Å². The number of nitrogens with zero attached hydrogens (tertiary/aromatic N) is 2. The van der Waals surface area contributed by atoms with Gasteiger partial charge in [-0.15, -0.1) is 22.7 Å². The molecule has 0 unspecified atom stereocenters. The summed E-state index contributed by atoms with van der Waals surface area (Å²) >= 11 is 3.84. The molecule has 0 saturated heterocycles. The third-order valence-electron chi connectivity index (χ3n) is 13.9. The molecule has 0 aliphatic rings. The second kappa shape index (κ2) is 16.3. The lowest BCUT2D eigenvalue weighted by atomic mass is 9.34. The average Bonchev–Trinajstić information content (AvgIpc) is 4.14. The molecule has 322 valence electrons. The van der Waals surface area contributed by atoms with E-state index in [1.165, 1.54) is 135 Å². The van der Waals surface area contributed by atoms with Gasteiger partial charge < -0.3 is 9.13 Å².